The third-order valence-corrected chi connectivity index (χ3v) is 2.09. The number of nitrogens with zero attached hydrogens (tertiary/aromatic N) is 1. The minimum absolute atomic E-state index is 0.0293. The number of pyridine rings is 1. The van der Waals surface area contributed by atoms with Crippen LogP contribution in [0.15, 0.2) is 6.07 Å². The van der Waals surface area contributed by atoms with Gasteiger partial charge in [-0.2, -0.15) is 0 Å². The Bertz CT molecular complexity index is 460. The molecule has 0 aliphatic heterocycles. The summed E-state index contributed by atoms with van der Waals surface area (Å²) >= 11 is 0. The fourth-order valence-corrected chi connectivity index (χ4v) is 1.29. The van der Waals surface area contributed by atoms with Crippen LogP contribution < -0.4 is 10.5 Å². The minimum atomic E-state index is -4.86. The molecule has 1 aromatic heterocycles. The van der Waals surface area contributed by atoms with Crippen molar-refractivity contribution in [3.63, 3.8) is 0 Å². The molecule has 0 saturated heterocycles. The van der Waals surface area contributed by atoms with Gasteiger partial charge in [0.1, 0.15) is 0 Å². The summed E-state index contributed by atoms with van der Waals surface area (Å²) in [5.74, 6) is -1.36. The highest BCUT2D eigenvalue weighted by Gasteiger charge is 2.33. The number of ether oxygens (including phenoxy) is 2. The van der Waals surface area contributed by atoms with Crippen LogP contribution in [0.3, 0.4) is 0 Å². The number of esters is 1. The molecule has 5 nitrogen and oxygen atoms in total. The molecule has 0 radical (unpaired) electrons. The fourth-order valence-electron chi connectivity index (χ4n) is 1.29. The number of methoxy groups -OCH3 is 1. The molecule has 0 saturated carbocycles. The zero-order valence-electron chi connectivity index (χ0n) is 9.67. The summed E-state index contributed by atoms with van der Waals surface area (Å²) in [6.45, 7) is 1.12. The zero-order chi connectivity index (χ0) is 13.9. The Labute approximate surface area is 101 Å². The molecule has 0 spiro atoms. The molecule has 0 atom stereocenters. The molecule has 8 heteroatoms. The van der Waals surface area contributed by atoms with Crippen molar-refractivity contribution in [2.45, 2.75) is 19.8 Å². The van der Waals surface area contributed by atoms with Crippen LogP contribution in [-0.4, -0.2) is 24.4 Å². The third-order valence-electron chi connectivity index (χ3n) is 2.09. The van der Waals surface area contributed by atoms with Crippen LogP contribution in [0.2, 0.25) is 0 Å². The fraction of sp³-hybridized carbons (Fsp3) is 0.400. The van der Waals surface area contributed by atoms with Gasteiger partial charge in [0.15, 0.2) is 0 Å². The van der Waals surface area contributed by atoms with Gasteiger partial charge in [-0.25, -0.2) is 9.78 Å². The molecule has 2 N–H and O–H groups in total. The number of aryl methyl sites for hydroxylation is 1. The Morgan fingerprint density at radius 1 is 1.50 bits per heavy atom. The molecule has 100 valence electrons. The normalized spacial score (nSPS) is 11.2. The average Bonchev–Trinajstić information content (AvgIpc) is 2.26. The number of nitrogens with two attached hydrogens (primary N) is 1. The Morgan fingerprint density at radius 2 is 2.11 bits per heavy atom. The lowest BCUT2D eigenvalue weighted by Gasteiger charge is -2.13. The average molecular weight is 264 g/mol. The van der Waals surface area contributed by atoms with Crippen LogP contribution in [-0.2, 0) is 11.3 Å². The van der Waals surface area contributed by atoms with Crippen molar-refractivity contribution in [1.82, 2.24) is 4.98 Å². The summed E-state index contributed by atoms with van der Waals surface area (Å²) in [5.41, 5.74) is 5.38. The van der Waals surface area contributed by atoms with E-state index in [9.17, 15) is 18.0 Å². The molecule has 0 bridgehead atoms. The van der Waals surface area contributed by atoms with E-state index in [2.05, 4.69) is 14.5 Å². The number of alkyl halides is 3. The minimum Gasteiger partial charge on any atom is -0.465 e. The van der Waals surface area contributed by atoms with Gasteiger partial charge in [-0.1, -0.05) is 0 Å². The molecule has 0 aliphatic rings. The lowest BCUT2D eigenvalue weighted by Crippen LogP contribution is -2.21. The topological polar surface area (TPSA) is 74.4 Å². The van der Waals surface area contributed by atoms with E-state index in [4.69, 9.17) is 5.73 Å². The second-order valence-corrected chi connectivity index (χ2v) is 3.33. The van der Waals surface area contributed by atoms with Crippen molar-refractivity contribution in [3.05, 3.63) is 22.9 Å². The van der Waals surface area contributed by atoms with Crippen molar-refractivity contribution in [1.29, 1.82) is 0 Å². The molecule has 0 fully saturated rings. The van der Waals surface area contributed by atoms with E-state index in [0.717, 1.165) is 7.11 Å². The summed E-state index contributed by atoms with van der Waals surface area (Å²) in [5, 5.41) is 0. The van der Waals surface area contributed by atoms with Gasteiger partial charge in [-0.15, -0.1) is 13.2 Å². The highest BCUT2D eigenvalue weighted by molar-refractivity contribution is 5.90. The molecule has 0 unspecified atom stereocenters. The van der Waals surface area contributed by atoms with Gasteiger partial charge >= 0.3 is 12.3 Å². The lowest BCUT2D eigenvalue weighted by molar-refractivity contribution is -0.276. The molecule has 18 heavy (non-hydrogen) atoms. The van der Waals surface area contributed by atoms with Gasteiger partial charge in [-0.3, -0.25) is 0 Å². The Balaban J connectivity index is 3.23. The maximum atomic E-state index is 12.1. The first-order valence-electron chi connectivity index (χ1n) is 4.83. The number of hydrogen-bond acceptors (Lipinski definition) is 5. The zero-order valence-corrected chi connectivity index (χ0v) is 9.67. The Hall–Kier alpha value is -1.83. The van der Waals surface area contributed by atoms with Crippen molar-refractivity contribution < 1.29 is 27.4 Å². The van der Waals surface area contributed by atoms with Crippen molar-refractivity contribution in [2.24, 2.45) is 5.73 Å². The van der Waals surface area contributed by atoms with E-state index in [1.807, 2.05) is 0 Å². The standard InChI is InChI=1S/C10H11F3N2O3/c1-5-7(9(16)17-2)3-6(4-14)8(15-5)18-10(11,12)13/h3H,4,14H2,1-2H3. The molecular weight excluding hydrogens is 253 g/mol. The first-order valence-corrected chi connectivity index (χ1v) is 4.83. The maximum Gasteiger partial charge on any atom is 0.574 e. The van der Waals surface area contributed by atoms with Crippen LogP contribution >= 0.6 is 0 Å². The Kier molecular flexibility index (Phi) is 4.12. The summed E-state index contributed by atoms with van der Waals surface area (Å²) in [4.78, 5) is 14.9. The first kappa shape index (κ1) is 14.2. The third kappa shape index (κ3) is 3.33. The van der Waals surface area contributed by atoms with Gasteiger partial charge in [0, 0.05) is 12.1 Å². The quantitative estimate of drug-likeness (QED) is 0.838. The summed E-state index contributed by atoms with van der Waals surface area (Å²) in [7, 11) is 1.16. The van der Waals surface area contributed by atoms with Gasteiger partial charge in [0.25, 0.3) is 0 Å². The summed E-state index contributed by atoms with van der Waals surface area (Å²) in [6, 6.07) is 1.18. The van der Waals surface area contributed by atoms with Crippen LogP contribution in [0.1, 0.15) is 21.6 Å². The summed E-state index contributed by atoms with van der Waals surface area (Å²) < 4.78 is 44.6. The van der Waals surface area contributed by atoms with Gasteiger partial charge < -0.3 is 15.2 Å². The van der Waals surface area contributed by atoms with Crippen LogP contribution in [0.4, 0.5) is 13.2 Å². The van der Waals surface area contributed by atoms with E-state index < -0.39 is 18.2 Å². The lowest BCUT2D eigenvalue weighted by atomic mass is 10.1. The van der Waals surface area contributed by atoms with E-state index >= 15 is 0 Å². The second-order valence-electron chi connectivity index (χ2n) is 3.33. The molecule has 1 heterocycles. The molecule has 0 aliphatic carbocycles. The predicted octanol–water partition coefficient (Wildman–Crippen LogP) is 1.53. The van der Waals surface area contributed by atoms with Crippen LogP contribution in [0.5, 0.6) is 5.88 Å². The number of hydrogen-bond donors (Lipinski definition) is 1. The molecule has 0 amide bonds. The number of carbonyl (C=O) groups excluding carboxylic acids is 1. The largest absolute Gasteiger partial charge is 0.574 e. The SMILES string of the molecule is COC(=O)c1cc(CN)c(OC(F)(F)F)nc1C. The molecule has 1 aromatic rings. The summed E-state index contributed by atoms with van der Waals surface area (Å²) in [6.07, 6.45) is -4.86. The number of aromatic nitrogens is 1. The van der Waals surface area contributed by atoms with Gasteiger partial charge in [0.2, 0.25) is 5.88 Å². The monoisotopic (exact) mass is 264 g/mol. The van der Waals surface area contributed by atoms with E-state index in [-0.39, 0.29) is 23.4 Å². The predicted molar refractivity (Wildman–Crippen MR) is 54.9 cm³/mol. The number of halogens is 3. The first-order chi connectivity index (χ1) is 8.28. The van der Waals surface area contributed by atoms with Crippen LogP contribution in [0.25, 0.3) is 0 Å². The number of rotatable bonds is 3. The maximum absolute atomic E-state index is 12.1. The van der Waals surface area contributed by atoms with E-state index in [1.165, 1.54) is 13.0 Å². The smallest absolute Gasteiger partial charge is 0.465 e. The van der Waals surface area contributed by atoms with E-state index in [1.54, 1.807) is 0 Å². The van der Waals surface area contributed by atoms with E-state index in [0.29, 0.717) is 0 Å². The molecule has 0 aromatic carbocycles. The van der Waals surface area contributed by atoms with Gasteiger partial charge in [0.05, 0.1) is 18.4 Å². The van der Waals surface area contributed by atoms with Gasteiger partial charge in [-0.05, 0) is 13.0 Å². The molecule has 1 rings (SSSR count). The van der Waals surface area contributed by atoms with Crippen molar-refractivity contribution in [2.75, 3.05) is 7.11 Å². The number of carbonyl (C=O) groups is 1. The second kappa shape index (κ2) is 5.21. The highest BCUT2D eigenvalue weighted by atomic mass is 19.4. The Morgan fingerprint density at radius 3 is 2.56 bits per heavy atom. The molecular formula is C10H11F3N2O3. The van der Waals surface area contributed by atoms with Crippen molar-refractivity contribution in [3.8, 4) is 5.88 Å². The highest BCUT2D eigenvalue weighted by Crippen LogP contribution is 2.26. The van der Waals surface area contributed by atoms with Crippen molar-refractivity contribution >= 4 is 5.97 Å². The van der Waals surface area contributed by atoms with Crippen LogP contribution in [0, 0.1) is 6.92 Å².